The third-order valence-corrected chi connectivity index (χ3v) is 3.36. The third kappa shape index (κ3) is 2.03. The molecule has 0 atom stereocenters. The molecule has 0 saturated heterocycles. The molecule has 0 aliphatic carbocycles. The SMILES string of the molecule is Cc1ccc(-c2nc3cccnc3n2Cc2ccco2)o1. The van der Waals surface area contributed by atoms with Gasteiger partial charge in [0.1, 0.15) is 17.0 Å². The molecule has 21 heavy (non-hydrogen) atoms. The van der Waals surface area contributed by atoms with E-state index < -0.39 is 0 Å². The Morgan fingerprint density at radius 3 is 2.86 bits per heavy atom. The average molecular weight is 279 g/mol. The van der Waals surface area contributed by atoms with Crippen molar-refractivity contribution < 1.29 is 8.83 Å². The Kier molecular flexibility index (Phi) is 2.64. The smallest absolute Gasteiger partial charge is 0.178 e. The monoisotopic (exact) mass is 279 g/mol. The molecule has 0 aliphatic heterocycles. The topological polar surface area (TPSA) is 57.0 Å². The third-order valence-electron chi connectivity index (χ3n) is 3.36. The molecule has 0 amide bonds. The number of aryl methyl sites for hydroxylation is 1. The molecule has 4 aromatic rings. The quantitative estimate of drug-likeness (QED) is 0.574. The molecule has 0 aliphatic rings. The fourth-order valence-corrected chi connectivity index (χ4v) is 2.41. The van der Waals surface area contributed by atoms with E-state index in [1.54, 1.807) is 12.5 Å². The molecule has 0 spiro atoms. The van der Waals surface area contributed by atoms with Crippen molar-refractivity contribution in [2.45, 2.75) is 13.5 Å². The van der Waals surface area contributed by atoms with Crippen molar-refractivity contribution in [2.24, 2.45) is 0 Å². The lowest BCUT2D eigenvalue weighted by Gasteiger charge is -2.04. The molecule has 0 N–H and O–H groups in total. The molecule has 0 aromatic carbocycles. The predicted molar refractivity (Wildman–Crippen MR) is 77.8 cm³/mol. The van der Waals surface area contributed by atoms with E-state index >= 15 is 0 Å². The fraction of sp³-hybridized carbons (Fsp3) is 0.125. The molecule has 4 aromatic heterocycles. The fourth-order valence-electron chi connectivity index (χ4n) is 2.41. The van der Waals surface area contributed by atoms with Gasteiger partial charge >= 0.3 is 0 Å². The Morgan fingerprint density at radius 1 is 1.14 bits per heavy atom. The zero-order chi connectivity index (χ0) is 14.2. The summed E-state index contributed by atoms with van der Waals surface area (Å²) in [5.41, 5.74) is 1.66. The highest BCUT2D eigenvalue weighted by atomic mass is 16.3. The largest absolute Gasteiger partial charge is 0.467 e. The maximum Gasteiger partial charge on any atom is 0.178 e. The van der Waals surface area contributed by atoms with Crippen LogP contribution >= 0.6 is 0 Å². The van der Waals surface area contributed by atoms with Crippen molar-refractivity contribution in [1.29, 1.82) is 0 Å². The van der Waals surface area contributed by atoms with Crippen molar-refractivity contribution in [3.63, 3.8) is 0 Å². The minimum Gasteiger partial charge on any atom is -0.467 e. The highest BCUT2D eigenvalue weighted by Gasteiger charge is 2.17. The Hall–Kier alpha value is -2.82. The van der Waals surface area contributed by atoms with Crippen molar-refractivity contribution in [3.8, 4) is 11.6 Å². The van der Waals surface area contributed by atoms with E-state index in [1.165, 1.54) is 0 Å². The lowest BCUT2D eigenvalue weighted by molar-refractivity contribution is 0.492. The summed E-state index contributed by atoms with van der Waals surface area (Å²) in [5.74, 6) is 3.20. The summed E-state index contributed by atoms with van der Waals surface area (Å²) >= 11 is 0. The van der Waals surface area contributed by atoms with Gasteiger partial charge < -0.3 is 8.83 Å². The summed E-state index contributed by atoms with van der Waals surface area (Å²) < 4.78 is 13.2. The standard InChI is InChI=1S/C16H13N3O2/c1-11-6-7-14(21-11)16-18-13-5-2-8-17-15(13)19(16)10-12-4-3-9-20-12/h2-9H,10H2,1H3. The average Bonchev–Trinajstić information content (AvgIpc) is 3.20. The van der Waals surface area contributed by atoms with E-state index in [4.69, 9.17) is 8.83 Å². The second kappa shape index (κ2) is 4.63. The van der Waals surface area contributed by atoms with Crippen molar-refractivity contribution in [3.05, 3.63) is 60.4 Å². The van der Waals surface area contributed by atoms with Crippen LogP contribution in [0.5, 0.6) is 0 Å². The Bertz CT molecular complexity index is 887. The van der Waals surface area contributed by atoms with Crippen molar-refractivity contribution >= 4 is 11.2 Å². The Balaban J connectivity index is 1.92. The summed E-state index contributed by atoms with van der Waals surface area (Å²) in [6.45, 7) is 2.48. The van der Waals surface area contributed by atoms with Gasteiger partial charge in [0.25, 0.3) is 0 Å². The van der Waals surface area contributed by atoms with Crippen LogP contribution in [-0.4, -0.2) is 14.5 Å². The van der Waals surface area contributed by atoms with Crippen molar-refractivity contribution in [2.75, 3.05) is 0 Å². The van der Waals surface area contributed by atoms with Gasteiger partial charge in [-0.3, -0.25) is 4.57 Å². The molecule has 0 radical (unpaired) electrons. The van der Waals surface area contributed by atoms with Crippen LogP contribution < -0.4 is 0 Å². The maximum atomic E-state index is 5.72. The molecule has 4 heterocycles. The summed E-state index contributed by atoms with van der Waals surface area (Å²) in [5, 5.41) is 0. The van der Waals surface area contributed by atoms with E-state index in [0.717, 1.165) is 34.3 Å². The van der Waals surface area contributed by atoms with Gasteiger partial charge in [-0.25, -0.2) is 9.97 Å². The highest BCUT2D eigenvalue weighted by Crippen LogP contribution is 2.26. The van der Waals surface area contributed by atoms with Crippen LogP contribution in [0, 0.1) is 6.92 Å². The first-order chi connectivity index (χ1) is 10.3. The molecule has 4 rings (SSSR count). The van der Waals surface area contributed by atoms with E-state index in [1.807, 2.05) is 47.9 Å². The van der Waals surface area contributed by atoms with Gasteiger partial charge in [-0.05, 0) is 43.3 Å². The zero-order valence-corrected chi connectivity index (χ0v) is 11.5. The summed E-state index contributed by atoms with van der Waals surface area (Å²) in [4.78, 5) is 9.07. The number of hydrogen-bond acceptors (Lipinski definition) is 4. The van der Waals surface area contributed by atoms with Crippen LogP contribution in [0.25, 0.3) is 22.7 Å². The van der Waals surface area contributed by atoms with Crippen LogP contribution in [0.3, 0.4) is 0 Å². The lowest BCUT2D eigenvalue weighted by Crippen LogP contribution is -2.01. The zero-order valence-electron chi connectivity index (χ0n) is 11.5. The van der Waals surface area contributed by atoms with E-state index in [9.17, 15) is 0 Å². The summed E-state index contributed by atoms with van der Waals surface area (Å²) in [6.07, 6.45) is 3.43. The number of rotatable bonds is 3. The molecule has 0 saturated carbocycles. The minimum absolute atomic E-state index is 0.565. The molecule has 0 fully saturated rings. The summed E-state index contributed by atoms with van der Waals surface area (Å²) in [7, 11) is 0. The maximum absolute atomic E-state index is 5.72. The van der Waals surface area contributed by atoms with E-state index in [0.29, 0.717) is 6.54 Å². The first kappa shape index (κ1) is 12.0. The molecular weight excluding hydrogens is 266 g/mol. The number of hydrogen-bond donors (Lipinski definition) is 0. The van der Waals surface area contributed by atoms with Crippen LogP contribution in [0.15, 0.2) is 57.7 Å². The van der Waals surface area contributed by atoms with Gasteiger partial charge in [-0.1, -0.05) is 0 Å². The highest BCUT2D eigenvalue weighted by molar-refractivity contribution is 5.76. The molecule has 104 valence electrons. The van der Waals surface area contributed by atoms with Gasteiger partial charge in [0.2, 0.25) is 0 Å². The first-order valence-electron chi connectivity index (χ1n) is 6.72. The van der Waals surface area contributed by atoms with Gasteiger partial charge in [0.05, 0.1) is 12.8 Å². The van der Waals surface area contributed by atoms with Crippen LogP contribution in [0.2, 0.25) is 0 Å². The lowest BCUT2D eigenvalue weighted by atomic mass is 10.4. The second-order valence-electron chi connectivity index (χ2n) is 4.86. The van der Waals surface area contributed by atoms with Gasteiger partial charge in [-0.15, -0.1) is 0 Å². The normalized spacial score (nSPS) is 11.3. The molecule has 5 nitrogen and oxygen atoms in total. The molecule has 0 bridgehead atoms. The van der Waals surface area contributed by atoms with E-state index in [2.05, 4.69) is 9.97 Å². The van der Waals surface area contributed by atoms with Gasteiger partial charge in [0, 0.05) is 6.20 Å². The number of nitrogens with zero attached hydrogens (tertiary/aromatic N) is 3. The van der Waals surface area contributed by atoms with Crippen LogP contribution in [0.4, 0.5) is 0 Å². The van der Waals surface area contributed by atoms with Gasteiger partial charge in [0.15, 0.2) is 17.2 Å². The minimum atomic E-state index is 0.565. The van der Waals surface area contributed by atoms with Crippen LogP contribution in [0.1, 0.15) is 11.5 Å². The van der Waals surface area contributed by atoms with Gasteiger partial charge in [-0.2, -0.15) is 0 Å². The summed E-state index contributed by atoms with van der Waals surface area (Å²) in [6, 6.07) is 11.5. The Morgan fingerprint density at radius 2 is 2.10 bits per heavy atom. The molecule has 0 unspecified atom stereocenters. The number of aromatic nitrogens is 3. The predicted octanol–water partition coefficient (Wildman–Crippen LogP) is 3.64. The van der Waals surface area contributed by atoms with E-state index in [-0.39, 0.29) is 0 Å². The second-order valence-corrected chi connectivity index (χ2v) is 4.86. The number of pyridine rings is 1. The molecular formula is C16H13N3O2. The van der Waals surface area contributed by atoms with Crippen LogP contribution in [-0.2, 0) is 6.54 Å². The first-order valence-corrected chi connectivity index (χ1v) is 6.72. The van der Waals surface area contributed by atoms with Crippen molar-refractivity contribution in [1.82, 2.24) is 14.5 Å². The number of fused-ring (bicyclic) bond motifs is 1. The molecule has 5 heteroatoms. The number of imidazole rings is 1. The Labute approximate surface area is 120 Å². The number of furan rings is 2.